The molecule has 0 atom stereocenters. The molecule has 0 bridgehead atoms. The van der Waals surface area contributed by atoms with Gasteiger partial charge in [0.1, 0.15) is 16.4 Å². The van der Waals surface area contributed by atoms with Crippen LogP contribution in [0.1, 0.15) is 37.7 Å². The molecule has 3 aromatic carbocycles. The number of hydrogen-bond donors (Lipinski definition) is 2. The number of aryl methyl sites for hydroxylation is 1. The molecule has 4 rings (SSSR count). The van der Waals surface area contributed by atoms with Crippen molar-refractivity contribution in [3.63, 3.8) is 0 Å². The van der Waals surface area contributed by atoms with Gasteiger partial charge in [-0.1, -0.05) is 61.2 Å². The number of nitrogens with zero attached hydrogens (tertiary/aromatic N) is 1. The Labute approximate surface area is 216 Å². The molecule has 1 aliphatic rings. The molecule has 194 valence electrons. The van der Waals surface area contributed by atoms with E-state index in [0.29, 0.717) is 5.75 Å². The fourth-order valence-electron chi connectivity index (χ4n) is 4.28. The molecule has 1 fully saturated rings. The summed E-state index contributed by atoms with van der Waals surface area (Å²) in [4.78, 5) is 22.6. The van der Waals surface area contributed by atoms with Crippen molar-refractivity contribution in [3.8, 4) is 22.6 Å². The number of benzene rings is 3. The van der Waals surface area contributed by atoms with E-state index in [1.54, 1.807) is 18.2 Å². The van der Waals surface area contributed by atoms with Gasteiger partial charge in [0.2, 0.25) is 15.9 Å². The van der Waals surface area contributed by atoms with Gasteiger partial charge in [0.05, 0.1) is 11.5 Å². The normalized spacial score (nSPS) is 14.2. The molecule has 0 saturated heterocycles. The van der Waals surface area contributed by atoms with Crippen LogP contribution in [0.2, 0.25) is 0 Å². The Morgan fingerprint density at radius 3 is 2.43 bits per heavy atom. The molecule has 0 unspecified atom stereocenters. The monoisotopic (exact) mass is 523 g/mol. The van der Waals surface area contributed by atoms with Crippen LogP contribution in [0.5, 0.6) is 11.5 Å². The Balaban J connectivity index is 1.55. The van der Waals surface area contributed by atoms with E-state index in [9.17, 15) is 23.3 Å². The Hall–Kier alpha value is -3.76. The van der Waals surface area contributed by atoms with Crippen molar-refractivity contribution in [2.45, 2.75) is 50.0 Å². The van der Waals surface area contributed by atoms with Crippen molar-refractivity contribution in [1.29, 1.82) is 0 Å². The fourth-order valence-corrected chi connectivity index (χ4v) is 5.41. The number of carbonyl (C=O) groups is 1. The number of carbonyl (C=O) groups excluding carboxylic acids is 1. The van der Waals surface area contributed by atoms with Gasteiger partial charge >= 0.3 is 0 Å². The van der Waals surface area contributed by atoms with E-state index in [-0.39, 0.29) is 11.8 Å². The molecule has 2 N–H and O–H groups in total. The van der Waals surface area contributed by atoms with Crippen LogP contribution < -0.4 is 14.8 Å². The number of hydrogen-bond acceptors (Lipinski definition) is 6. The minimum absolute atomic E-state index is 0.0308. The zero-order valence-corrected chi connectivity index (χ0v) is 21.3. The molecule has 0 heterocycles. The van der Waals surface area contributed by atoms with Crippen molar-refractivity contribution >= 4 is 21.6 Å². The first-order valence-electron chi connectivity index (χ1n) is 12.1. The number of nitrogens with one attached hydrogen (secondary N) is 2. The van der Waals surface area contributed by atoms with Gasteiger partial charge in [-0.2, -0.15) is 0 Å². The van der Waals surface area contributed by atoms with E-state index >= 15 is 0 Å². The maximum atomic E-state index is 13.1. The van der Waals surface area contributed by atoms with Crippen molar-refractivity contribution < 1.29 is 22.9 Å². The molecule has 1 aliphatic carbocycles. The van der Waals surface area contributed by atoms with Gasteiger partial charge in [0, 0.05) is 18.2 Å². The predicted octanol–water partition coefficient (Wildman–Crippen LogP) is 5.09. The van der Waals surface area contributed by atoms with Gasteiger partial charge in [0.25, 0.3) is 5.69 Å². The average Bonchev–Trinajstić information content (AvgIpc) is 2.89. The summed E-state index contributed by atoms with van der Waals surface area (Å²) in [7, 11) is -4.31. The van der Waals surface area contributed by atoms with Crippen LogP contribution in [0.25, 0.3) is 11.1 Å². The molecule has 0 spiro atoms. The van der Waals surface area contributed by atoms with E-state index in [2.05, 4.69) is 10.0 Å². The van der Waals surface area contributed by atoms with Gasteiger partial charge in [-0.25, -0.2) is 13.1 Å². The van der Waals surface area contributed by atoms with Crippen LogP contribution in [0.4, 0.5) is 5.69 Å². The zero-order chi connectivity index (χ0) is 26.4. The van der Waals surface area contributed by atoms with Crippen molar-refractivity contribution in [1.82, 2.24) is 10.0 Å². The summed E-state index contributed by atoms with van der Waals surface area (Å²) < 4.78 is 34.4. The number of rotatable bonds is 9. The minimum atomic E-state index is -4.31. The van der Waals surface area contributed by atoms with Gasteiger partial charge in [-0.3, -0.25) is 14.9 Å². The fraction of sp³-hybridized carbons (Fsp3) is 0.296. The molecule has 0 aliphatic heterocycles. The van der Waals surface area contributed by atoms with Crippen molar-refractivity contribution in [2.24, 2.45) is 0 Å². The van der Waals surface area contributed by atoms with Gasteiger partial charge in [-0.05, 0) is 49.1 Å². The molecule has 0 aromatic heterocycles. The molecule has 10 heteroatoms. The summed E-state index contributed by atoms with van der Waals surface area (Å²) >= 11 is 0. The third-order valence-corrected chi connectivity index (χ3v) is 7.69. The summed E-state index contributed by atoms with van der Waals surface area (Å²) in [6.07, 6.45) is 4.90. The highest BCUT2D eigenvalue weighted by atomic mass is 32.2. The SMILES string of the molecule is Cc1ccc(-c2cccc(Oc3ccc([N+](=O)[O-])cc3S(=O)(=O)NCC(=O)NC3CCCCC3)c2)cc1. The number of ether oxygens (including phenoxy) is 1. The summed E-state index contributed by atoms with van der Waals surface area (Å²) in [5.41, 5.74) is 2.53. The van der Waals surface area contributed by atoms with Crippen molar-refractivity contribution in [3.05, 3.63) is 82.4 Å². The van der Waals surface area contributed by atoms with E-state index in [1.165, 1.54) is 12.1 Å². The first-order chi connectivity index (χ1) is 17.7. The molecule has 3 aromatic rings. The summed E-state index contributed by atoms with van der Waals surface area (Å²) in [6.45, 7) is 1.51. The number of nitro benzene ring substituents is 1. The lowest BCUT2D eigenvalue weighted by Crippen LogP contribution is -2.42. The van der Waals surface area contributed by atoms with Crippen LogP contribution in [0.15, 0.2) is 71.6 Å². The average molecular weight is 524 g/mol. The molecule has 37 heavy (non-hydrogen) atoms. The predicted molar refractivity (Wildman–Crippen MR) is 140 cm³/mol. The number of amides is 1. The molecule has 9 nitrogen and oxygen atoms in total. The van der Waals surface area contributed by atoms with Crippen LogP contribution >= 0.6 is 0 Å². The number of nitro groups is 1. The zero-order valence-electron chi connectivity index (χ0n) is 20.5. The molecule has 1 saturated carbocycles. The topological polar surface area (TPSA) is 128 Å². The molecular weight excluding hydrogens is 494 g/mol. The maximum Gasteiger partial charge on any atom is 0.271 e. The Kier molecular flexibility index (Phi) is 8.20. The van der Waals surface area contributed by atoms with E-state index in [4.69, 9.17) is 4.74 Å². The highest BCUT2D eigenvalue weighted by Gasteiger charge is 2.25. The van der Waals surface area contributed by atoms with Gasteiger partial charge in [-0.15, -0.1) is 0 Å². The number of sulfonamides is 1. The van der Waals surface area contributed by atoms with Gasteiger partial charge in [0.15, 0.2) is 0 Å². The minimum Gasteiger partial charge on any atom is -0.456 e. The van der Waals surface area contributed by atoms with E-state index < -0.39 is 38.0 Å². The second kappa shape index (κ2) is 11.5. The van der Waals surface area contributed by atoms with Crippen molar-refractivity contribution in [2.75, 3.05) is 6.54 Å². The van der Waals surface area contributed by atoms with Gasteiger partial charge < -0.3 is 10.1 Å². The highest BCUT2D eigenvalue weighted by molar-refractivity contribution is 7.89. The van der Waals surface area contributed by atoms with Crippen LogP contribution in [0, 0.1) is 17.0 Å². The van der Waals surface area contributed by atoms with Crippen LogP contribution in [-0.4, -0.2) is 31.8 Å². The van der Waals surface area contributed by atoms with E-state index in [0.717, 1.165) is 54.9 Å². The third-order valence-electron chi connectivity index (χ3n) is 6.27. The Morgan fingerprint density at radius 2 is 1.73 bits per heavy atom. The first-order valence-corrected chi connectivity index (χ1v) is 13.6. The second-order valence-electron chi connectivity index (χ2n) is 9.11. The largest absolute Gasteiger partial charge is 0.456 e. The molecule has 1 amide bonds. The number of non-ortho nitro benzene ring substituents is 1. The molecule has 0 radical (unpaired) electrons. The van der Waals surface area contributed by atoms with Crippen LogP contribution in [-0.2, 0) is 14.8 Å². The lowest BCUT2D eigenvalue weighted by atomic mass is 9.95. The maximum absolute atomic E-state index is 13.1. The first kappa shape index (κ1) is 26.3. The Bertz CT molecular complexity index is 1380. The standard InChI is InChI=1S/C27H29N3O6S/c1-19-10-12-20(13-11-19)21-6-5-9-24(16-21)36-25-15-14-23(30(32)33)17-26(25)37(34,35)28-18-27(31)29-22-7-3-2-4-8-22/h5-6,9-17,22,28H,2-4,7-8,18H2,1H3,(H,29,31). The summed E-state index contributed by atoms with van der Waals surface area (Å²) in [5.74, 6) is -0.181. The third kappa shape index (κ3) is 6.93. The quantitative estimate of drug-likeness (QED) is 0.297. The molecular formula is C27H29N3O6S. The lowest BCUT2D eigenvalue weighted by Gasteiger charge is -2.22. The lowest BCUT2D eigenvalue weighted by molar-refractivity contribution is -0.385. The summed E-state index contributed by atoms with van der Waals surface area (Å²) in [6, 6.07) is 18.4. The van der Waals surface area contributed by atoms with Crippen LogP contribution in [0.3, 0.4) is 0 Å². The van der Waals surface area contributed by atoms with E-state index in [1.807, 2.05) is 37.3 Å². The summed E-state index contributed by atoms with van der Waals surface area (Å²) in [5, 5.41) is 14.2. The Morgan fingerprint density at radius 1 is 1.00 bits per heavy atom. The smallest absolute Gasteiger partial charge is 0.271 e. The highest BCUT2D eigenvalue weighted by Crippen LogP contribution is 2.33. The second-order valence-corrected chi connectivity index (χ2v) is 10.8.